The number of carbonyl (C=O) groups excluding carboxylic acids is 1. The number of esters is 1. The number of carbonyl (C=O) groups is 1. The number of allylic oxidation sites excluding steroid dienone is 1. The quantitative estimate of drug-likeness (QED) is 0.216. The monoisotopic (exact) mass is 621 g/mol. The summed E-state index contributed by atoms with van der Waals surface area (Å²) in [4.78, 5) is 36.7. The van der Waals surface area contributed by atoms with Gasteiger partial charge < -0.3 is 19.2 Å². The Morgan fingerprint density at radius 2 is 1.80 bits per heavy atom. The average molecular weight is 622 g/mol. The summed E-state index contributed by atoms with van der Waals surface area (Å²) in [6.07, 6.45) is 1.95. The van der Waals surface area contributed by atoms with E-state index in [2.05, 4.69) is 43.1 Å². The molecule has 0 radical (unpaired) electrons. The molecule has 0 saturated carbocycles. The lowest BCUT2D eigenvalue weighted by molar-refractivity contribution is -0.139. The van der Waals surface area contributed by atoms with E-state index in [-0.39, 0.29) is 12.2 Å². The summed E-state index contributed by atoms with van der Waals surface area (Å²) in [5.74, 6) is 0.569. The van der Waals surface area contributed by atoms with Crippen LogP contribution in [0.1, 0.15) is 49.1 Å². The second kappa shape index (κ2) is 12.2. The predicted octanol–water partition coefficient (Wildman–Crippen LogP) is 5.97. The van der Waals surface area contributed by atoms with Gasteiger partial charge in [0, 0.05) is 16.5 Å². The SMILES string of the molecule is CCOC(=O)C1=C(C)N=c2s/c(=C/c3c(-c4ccccc4)[nH]c4c(C)cc(C)cc34)c(=O)n2[C@@H]1c1ccc(OC)c(OCC)c1. The van der Waals surface area contributed by atoms with Gasteiger partial charge >= 0.3 is 5.97 Å². The van der Waals surface area contributed by atoms with Crippen molar-refractivity contribution in [2.45, 2.75) is 40.7 Å². The highest BCUT2D eigenvalue weighted by Gasteiger charge is 2.34. The molecule has 3 aromatic carbocycles. The van der Waals surface area contributed by atoms with Crippen molar-refractivity contribution >= 4 is 34.3 Å². The fourth-order valence-corrected chi connectivity index (χ4v) is 7.05. The first-order chi connectivity index (χ1) is 21.7. The fourth-order valence-electron chi connectivity index (χ4n) is 6.03. The normalized spacial score (nSPS) is 14.8. The summed E-state index contributed by atoms with van der Waals surface area (Å²) in [6, 6.07) is 19.1. The van der Waals surface area contributed by atoms with Crippen LogP contribution in [0, 0.1) is 13.8 Å². The molecule has 0 aliphatic carbocycles. The van der Waals surface area contributed by atoms with E-state index in [1.807, 2.05) is 43.3 Å². The Morgan fingerprint density at radius 1 is 1.02 bits per heavy atom. The summed E-state index contributed by atoms with van der Waals surface area (Å²) >= 11 is 1.30. The van der Waals surface area contributed by atoms with Crippen LogP contribution in [0.4, 0.5) is 0 Å². The van der Waals surface area contributed by atoms with Crippen LogP contribution in [0.15, 0.2) is 81.7 Å². The summed E-state index contributed by atoms with van der Waals surface area (Å²) in [6.45, 7) is 10.2. The number of fused-ring (bicyclic) bond motifs is 2. The Hall–Kier alpha value is -4.89. The number of rotatable bonds is 8. The van der Waals surface area contributed by atoms with Crippen molar-refractivity contribution in [1.82, 2.24) is 9.55 Å². The van der Waals surface area contributed by atoms with Gasteiger partial charge in [-0.05, 0) is 75.6 Å². The number of hydrogen-bond donors (Lipinski definition) is 1. The van der Waals surface area contributed by atoms with Crippen molar-refractivity contribution in [3.8, 4) is 22.8 Å². The van der Waals surface area contributed by atoms with Gasteiger partial charge in [-0.25, -0.2) is 9.79 Å². The maximum absolute atomic E-state index is 14.4. The summed E-state index contributed by atoms with van der Waals surface area (Å²) in [5, 5.41) is 1.04. The highest BCUT2D eigenvalue weighted by atomic mass is 32.1. The van der Waals surface area contributed by atoms with Gasteiger partial charge in [-0.1, -0.05) is 59.4 Å². The molecule has 0 unspecified atom stereocenters. The molecule has 0 spiro atoms. The maximum atomic E-state index is 14.4. The third kappa shape index (κ3) is 5.37. The average Bonchev–Trinajstić information content (AvgIpc) is 3.54. The first kappa shape index (κ1) is 30.1. The van der Waals surface area contributed by atoms with E-state index in [1.54, 1.807) is 31.6 Å². The molecular weight excluding hydrogens is 586 g/mol. The van der Waals surface area contributed by atoms with Crippen LogP contribution in [0.3, 0.4) is 0 Å². The summed E-state index contributed by atoms with van der Waals surface area (Å²) in [7, 11) is 1.58. The maximum Gasteiger partial charge on any atom is 0.338 e. The third-order valence-electron chi connectivity index (χ3n) is 7.95. The minimum Gasteiger partial charge on any atom is -0.493 e. The van der Waals surface area contributed by atoms with E-state index in [9.17, 15) is 9.59 Å². The summed E-state index contributed by atoms with van der Waals surface area (Å²) in [5.41, 5.74) is 7.42. The predicted molar refractivity (Wildman–Crippen MR) is 178 cm³/mol. The molecule has 8 nitrogen and oxygen atoms in total. The van der Waals surface area contributed by atoms with Crippen molar-refractivity contribution in [3.63, 3.8) is 0 Å². The highest BCUT2D eigenvalue weighted by molar-refractivity contribution is 7.07. The zero-order valence-electron chi connectivity index (χ0n) is 26.2. The van der Waals surface area contributed by atoms with Crippen molar-refractivity contribution in [3.05, 3.63) is 114 Å². The van der Waals surface area contributed by atoms with Gasteiger partial charge in [0.15, 0.2) is 16.3 Å². The molecule has 1 aliphatic heterocycles. The number of nitrogens with zero attached hydrogens (tertiary/aromatic N) is 2. The molecule has 1 N–H and O–H groups in total. The number of methoxy groups -OCH3 is 1. The van der Waals surface area contributed by atoms with E-state index in [1.165, 1.54) is 11.3 Å². The molecule has 2 aromatic heterocycles. The van der Waals surface area contributed by atoms with Crippen LogP contribution in [0.25, 0.3) is 28.2 Å². The number of hydrogen-bond acceptors (Lipinski definition) is 7. The number of thiazole rings is 1. The minimum absolute atomic E-state index is 0.196. The molecule has 0 fully saturated rings. The van der Waals surface area contributed by atoms with Gasteiger partial charge in [-0.2, -0.15) is 0 Å². The second-order valence-corrected chi connectivity index (χ2v) is 11.9. The lowest BCUT2D eigenvalue weighted by Crippen LogP contribution is -2.40. The number of aromatic nitrogens is 2. The minimum atomic E-state index is -0.770. The summed E-state index contributed by atoms with van der Waals surface area (Å²) < 4.78 is 18.9. The van der Waals surface area contributed by atoms with Gasteiger partial charge in [0.1, 0.15) is 0 Å². The molecule has 6 rings (SSSR count). The number of aryl methyl sites for hydroxylation is 2. The molecule has 45 heavy (non-hydrogen) atoms. The van der Waals surface area contributed by atoms with E-state index in [0.29, 0.717) is 44.3 Å². The molecular formula is C36H35N3O5S. The first-order valence-corrected chi connectivity index (χ1v) is 15.8. The zero-order chi connectivity index (χ0) is 31.8. The third-order valence-corrected chi connectivity index (χ3v) is 8.93. The molecule has 1 aliphatic rings. The van der Waals surface area contributed by atoms with Crippen LogP contribution in [0.5, 0.6) is 11.5 Å². The number of nitrogens with one attached hydrogen (secondary N) is 1. The van der Waals surface area contributed by atoms with Gasteiger partial charge in [-0.15, -0.1) is 0 Å². The van der Waals surface area contributed by atoms with Crippen LogP contribution in [-0.2, 0) is 9.53 Å². The molecule has 0 amide bonds. The highest BCUT2D eigenvalue weighted by Crippen LogP contribution is 2.37. The first-order valence-electron chi connectivity index (χ1n) is 14.9. The Labute approximate surface area is 264 Å². The number of aromatic amines is 1. The van der Waals surface area contributed by atoms with Crippen molar-refractivity contribution in [2.24, 2.45) is 4.99 Å². The zero-order valence-corrected chi connectivity index (χ0v) is 27.0. The molecule has 0 bridgehead atoms. The Balaban J connectivity index is 1.63. The second-order valence-electron chi connectivity index (χ2n) is 10.9. The number of ether oxygens (including phenoxy) is 3. The Kier molecular flexibility index (Phi) is 8.20. The molecule has 230 valence electrons. The van der Waals surface area contributed by atoms with Crippen LogP contribution >= 0.6 is 11.3 Å². The molecule has 0 saturated heterocycles. The van der Waals surface area contributed by atoms with E-state index >= 15 is 0 Å². The fraction of sp³-hybridized carbons (Fsp3) is 0.250. The van der Waals surface area contributed by atoms with E-state index in [4.69, 9.17) is 19.2 Å². The van der Waals surface area contributed by atoms with Gasteiger partial charge in [0.2, 0.25) is 0 Å². The van der Waals surface area contributed by atoms with Crippen molar-refractivity contribution < 1.29 is 19.0 Å². The van der Waals surface area contributed by atoms with Gasteiger partial charge in [0.05, 0.1) is 47.9 Å². The van der Waals surface area contributed by atoms with Crippen LogP contribution in [0.2, 0.25) is 0 Å². The van der Waals surface area contributed by atoms with Crippen molar-refractivity contribution in [1.29, 1.82) is 0 Å². The topological polar surface area (TPSA) is 94.9 Å². The van der Waals surface area contributed by atoms with Crippen molar-refractivity contribution in [2.75, 3.05) is 20.3 Å². The van der Waals surface area contributed by atoms with Crippen LogP contribution in [-0.4, -0.2) is 35.8 Å². The van der Waals surface area contributed by atoms with E-state index < -0.39 is 12.0 Å². The standard InChI is InChI=1S/C36H35N3O5S/c1-7-43-28-18-24(14-15-27(28)42-6)33-30(35(41)44-8-2)22(5)37-36-39(33)34(40)29(45-36)19-26-25-17-20(3)16-21(4)31(25)38-32(26)23-12-10-9-11-13-23/h9-19,33,38H,7-8H2,1-6H3/b29-19+/t33-/m1/s1. The van der Waals surface area contributed by atoms with Gasteiger partial charge in [-0.3, -0.25) is 9.36 Å². The Morgan fingerprint density at radius 3 is 2.51 bits per heavy atom. The molecule has 3 heterocycles. The van der Waals surface area contributed by atoms with E-state index in [0.717, 1.165) is 38.9 Å². The largest absolute Gasteiger partial charge is 0.493 e. The van der Waals surface area contributed by atoms with Crippen LogP contribution < -0.4 is 24.4 Å². The van der Waals surface area contributed by atoms with Gasteiger partial charge in [0.25, 0.3) is 5.56 Å². The molecule has 1 atom stereocenters. The Bertz CT molecular complexity index is 2150. The number of H-pyrrole nitrogens is 1. The molecule has 5 aromatic rings. The lowest BCUT2D eigenvalue weighted by Gasteiger charge is -2.25. The molecule has 9 heteroatoms. The smallest absolute Gasteiger partial charge is 0.338 e. The lowest BCUT2D eigenvalue weighted by atomic mass is 9.95. The number of benzene rings is 3.